The van der Waals surface area contributed by atoms with Crippen LogP contribution in [0.5, 0.6) is 5.75 Å². The van der Waals surface area contributed by atoms with E-state index in [4.69, 9.17) is 9.72 Å². The molecule has 0 saturated carbocycles. The quantitative estimate of drug-likeness (QED) is 0.305. The summed E-state index contributed by atoms with van der Waals surface area (Å²) in [5.41, 5.74) is 2.76. The first-order chi connectivity index (χ1) is 15.9. The fraction of sp³-hybridized carbons (Fsp3) is 0.192. The highest BCUT2D eigenvalue weighted by atomic mass is 32.2. The molecule has 6 nitrogen and oxygen atoms in total. The Balaban J connectivity index is 1.82. The fourth-order valence-corrected chi connectivity index (χ4v) is 4.65. The van der Waals surface area contributed by atoms with Gasteiger partial charge in [0.15, 0.2) is 5.16 Å². The minimum Gasteiger partial charge on any atom is -0.495 e. The molecular formula is C26H25N3O3S. The van der Waals surface area contributed by atoms with Crippen LogP contribution in [0, 0.1) is 6.92 Å². The van der Waals surface area contributed by atoms with Crippen molar-refractivity contribution in [1.29, 1.82) is 0 Å². The first-order valence-corrected chi connectivity index (χ1v) is 11.4. The van der Waals surface area contributed by atoms with Crippen molar-refractivity contribution in [3.05, 3.63) is 88.7 Å². The number of thioether (sulfide) groups is 1. The molecule has 168 valence electrons. The van der Waals surface area contributed by atoms with Crippen molar-refractivity contribution in [2.24, 2.45) is 0 Å². The molecule has 1 heterocycles. The number of carbonyl (C=O) groups excluding carboxylic acids is 1. The number of hydrogen-bond donors (Lipinski definition) is 0. The number of amides is 1. The van der Waals surface area contributed by atoms with Gasteiger partial charge in [-0.2, -0.15) is 0 Å². The molecule has 7 heteroatoms. The Hall–Kier alpha value is -3.58. The predicted molar refractivity (Wildman–Crippen MR) is 134 cm³/mol. The molecule has 1 aromatic heterocycles. The smallest absolute Gasteiger partial charge is 0.266 e. The summed E-state index contributed by atoms with van der Waals surface area (Å²) < 4.78 is 7.10. The molecule has 0 fully saturated rings. The van der Waals surface area contributed by atoms with Crippen LogP contribution in [0.1, 0.15) is 12.5 Å². The van der Waals surface area contributed by atoms with Crippen LogP contribution in [0.3, 0.4) is 0 Å². The Morgan fingerprint density at radius 2 is 1.76 bits per heavy atom. The summed E-state index contributed by atoms with van der Waals surface area (Å²) in [7, 11) is 3.32. The molecule has 0 saturated heterocycles. The number of nitrogens with zero attached hydrogens (tertiary/aromatic N) is 3. The summed E-state index contributed by atoms with van der Waals surface area (Å²) >= 11 is 1.26. The maximum absolute atomic E-state index is 13.6. The van der Waals surface area contributed by atoms with Gasteiger partial charge in [-0.25, -0.2) is 4.98 Å². The van der Waals surface area contributed by atoms with Gasteiger partial charge < -0.3 is 9.64 Å². The van der Waals surface area contributed by atoms with E-state index in [1.807, 2.05) is 74.5 Å². The first kappa shape index (κ1) is 22.6. The SMILES string of the molecule is COc1ccc(C)cc1-n1c(SC(C)C(=O)N(C)c2ccccc2)nc2ccccc2c1=O. The number of anilines is 1. The first-order valence-electron chi connectivity index (χ1n) is 10.6. The van der Waals surface area contributed by atoms with Crippen LogP contribution in [0.2, 0.25) is 0 Å². The number of benzene rings is 3. The number of methoxy groups -OCH3 is 1. The van der Waals surface area contributed by atoms with Crippen LogP contribution in [0.15, 0.2) is 82.7 Å². The fourth-order valence-electron chi connectivity index (χ4n) is 3.64. The minimum atomic E-state index is -0.481. The van der Waals surface area contributed by atoms with Crippen molar-refractivity contribution in [2.45, 2.75) is 24.3 Å². The number of rotatable bonds is 6. The van der Waals surface area contributed by atoms with Crippen LogP contribution in [0.25, 0.3) is 16.6 Å². The Labute approximate surface area is 196 Å². The number of hydrogen-bond acceptors (Lipinski definition) is 5. The van der Waals surface area contributed by atoms with Crippen molar-refractivity contribution in [3.63, 3.8) is 0 Å². The molecule has 1 atom stereocenters. The molecule has 0 spiro atoms. The van der Waals surface area contributed by atoms with Crippen molar-refractivity contribution in [2.75, 3.05) is 19.1 Å². The van der Waals surface area contributed by atoms with Crippen LogP contribution in [-0.4, -0.2) is 34.9 Å². The summed E-state index contributed by atoms with van der Waals surface area (Å²) in [6.07, 6.45) is 0. The Kier molecular flexibility index (Phi) is 6.51. The van der Waals surface area contributed by atoms with E-state index < -0.39 is 5.25 Å². The molecule has 0 aliphatic carbocycles. The Morgan fingerprint density at radius 1 is 1.06 bits per heavy atom. The molecule has 0 N–H and O–H groups in total. The summed E-state index contributed by atoms with van der Waals surface area (Å²) in [4.78, 5) is 33.2. The van der Waals surface area contributed by atoms with Crippen LogP contribution < -0.4 is 15.2 Å². The third kappa shape index (κ3) is 4.50. The highest BCUT2D eigenvalue weighted by molar-refractivity contribution is 8.00. The molecule has 3 aromatic carbocycles. The molecule has 4 aromatic rings. The van der Waals surface area contributed by atoms with Gasteiger partial charge in [0, 0.05) is 12.7 Å². The second-order valence-corrected chi connectivity index (χ2v) is 9.03. The van der Waals surface area contributed by atoms with Crippen LogP contribution in [-0.2, 0) is 4.79 Å². The molecule has 4 rings (SSSR count). The Bertz CT molecular complexity index is 1370. The maximum atomic E-state index is 13.6. The van der Waals surface area contributed by atoms with Gasteiger partial charge >= 0.3 is 0 Å². The summed E-state index contributed by atoms with van der Waals surface area (Å²) in [5, 5.41) is 0.459. The number of aryl methyl sites for hydroxylation is 1. The van der Waals surface area contributed by atoms with E-state index in [1.165, 1.54) is 11.8 Å². The van der Waals surface area contributed by atoms with E-state index in [0.717, 1.165) is 11.3 Å². The van der Waals surface area contributed by atoms with Gasteiger partial charge in [-0.15, -0.1) is 0 Å². The lowest BCUT2D eigenvalue weighted by molar-refractivity contribution is -0.117. The van der Waals surface area contributed by atoms with E-state index in [9.17, 15) is 9.59 Å². The lowest BCUT2D eigenvalue weighted by Crippen LogP contribution is -2.34. The maximum Gasteiger partial charge on any atom is 0.266 e. The largest absolute Gasteiger partial charge is 0.495 e. The molecule has 1 unspecified atom stereocenters. The standard InChI is InChI=1S/C26H25N3O3S/c1-17-14-15-23(32-4)22(16-17)29-25(31)20-12-8-9-13-21(20)27-26(29)33-18(2)24(30)28(3)19-10-6-5-7-11-19/h5-16,18H,1-4H3. The second-order valence-electron chi connectivity index (χ2n) is 7.72. The van der Waals surface area contributed by atoms with E-state index in [-0.39, 0.29) is 11.5 Å². The van der Waals surface area contributed by atoms with E-state index in [1.54, 1.807) is 35.8 Å². The number of ether oxygens (including phenoxy) is 1. The number of aromatic nitrogens is 2. The summed E-state index contributed by atoms with van der Waals surface area (Å²) in [6, 6.07) is 22.3. The van der Waals surface area contributed by atoms with Gasteiger partial charge in [-0.1, -0.05) is 48.2 Å². The molecule has 0 radical (unpaired) electrons. The number of carbonyl (C=O) groups is 1. The molecule has 0 bridgehead atoms. The van der Waals surface area contributed by atoms with E-state index >= 15 is 0 Å². The average Bonchev–Trinajstić information content (AvgIpc) is 2.84. The number of para-hydroxylation sites is 2. The van der Waals surface area contributed by atoms with Gasteiger partial charge in [0.2, 0.25) is 5.91 Å². The van der Waals surface area contributed by atoms with Gasteiger partial charge in [0.05, 0.1) is 29.0 Å². The highest BCUT2D eigenvalue weighted by Gasteiger charge is 2.24. The lowest BCUT2D eigenvalue weighted by atomic mass is 10.2. The number of fused-ring (bicyclic) bond motifs is 1. The second kappa shape index (κ2) is 9.50. The van der Waals surface area contributed by atoms with Gasteiger partial charge in [-0.3, -0.25) is 14.2 Å². The van der Waals surface area contributed by atoms with Crippen molar-refractivity contribution in [3.8, 4) is 11.4 Å². The van der Waals surface area contributed by atoms with Crippen LogP contribution in [0.4, 0.5) is 5.69 Å². The normalized spacial score (nSPS) is 11.9. The van der Waals surface area contributed by atoms with Gasteiger partial charge in [0.25, 0.3) is 5.56 Å². The third-order valence-corrected chi connectivity index (χ3v) is 6.46. The molecule has 0 aliphatic heterocycles. The third-order valence-electron chi connectivity index (χ3n) is 5.42. The average molecular weight is 460 g/mol. The monoisotopic (exact) mass is 459 g/mol. The van der Waals surface area contributed by atoms with Gasteiger partial charge in [-0.05, 0) is 55.8 Å². The van der Waals surface area contributed by atoms with Crippen molar-refractivity contribution >= 4 is 34.3 Å². The molecule has 33 heavy (non-hydrogen) atoms. The molecular weight excluding hydrogens is 434 g/mol. The van der Waals surface area contributed by atoms with Crippen molar-refractivity contribution in [1.82, 2.24) is 9.55 Å². The zero-order chi connectivity index (χ0) is 23.5. The predicted octanol–water partition coefficient (Wildman–Crippen LogP) is 4.85. The van der Waals surface area contributed by atoms with Crippen molar-refractivity contribution < 1.29 is 9.53 Å². The summed E-state index contributed by atoms with van der Waals surface area (Å²) in [6.45, 7) is 3.78. The van der Waals surface area contributed by atoms with E-state index in [0.29, 0.717) is 27.5 Å². The molecule has 1 amide bonds. The highest BCUT2D eigenvalue weighted by Crippen LogP contribution is 2.31. The minimum absolute atomic E-state index is 0.0867. The Morgan fingerprint density at radius 3 is 2.48 bits per heavy atom. The summed E-state index contributed by atoms with van der Waals surface area (Å²) in [5.74, 6) is 0.471. The zero-order valence-corrected chi connectivity index (χ0v) is 19.8. The van der Waals surface area contributed by atoms with E-state index in [2.05, 4.69) is 0 Å². The topological polar surface area (TPSA) is 64.4 Å². The lowest BCUT2D eigenvalue weighted by Gasteiger charge is -2.22. The zero-order valence-electron chi connectivity index (χ0n) is 19.0. The van der Waals surface area contributed by atoms with Gasteiger partial charge in [0.1, 0.15) is 5.75 Å². The van der Waals surface area contributed by atoms with Crippen LogP contribution >= 0.6 is 11.8 Å². The molecule has 0 aliphatic rings.